The summed E-state index contributed by atoms with van der Waals surface area (Å²) in [5.74, 6) is 0. The Balaban J connectivity index is 0.000000180. The standard InChI is InChI=1S/C19H16NSi.C11H8N.Ir/c1-21(2)18-12-4-3-8-14(18)15-9-7-10-16(19(15)21)17-11-5-6-13-20-17;1-2-6-10(7-3-1)11-8-4-5-9-12-11;/h3-9,11-13H,1-2H3;1-6,8-9H;/q2*-1;. The first-order chi connectivity index (χ1) is 16.2. The van der Waals surface area contributed by atoms with Crippen molar-refractivity contribution in [3.63, 3.8) is 0 Å². The van der Waals surface area contributed by atoms with Crippen LogP contribution in [-0.2, 0) is 20.1 Å². The minimum absolute atomic E-state index is 0. The van der Waals surface area contributed by atoms with E-state index in [4.69, 9.17) is 0 Å². The topological polar surface area (TPSA) is 25.8 Å². The number of rotatable bonds is 2. The van der Waals surface area contributed by atoms with Gasteiger partial charge in [-0.1, -0.05) is 72.4 Å². The van der Waals surface area contributed by atoms with Gasteiger partial charge in [0, 0.05) is 32.5 Å². The molecule has 1 aliphatic rings. The van der Waals surface area contributed by atoms with Gasteiger partial charge in [-0.25, -0.2) is 0 Å². The van der Waals surface area contributed by atoms with Gasteiger partial charge < -0.3 is 9.97 Å². The van der Waals surface area contributed by atoms with Gasteiger partial charge in [0.2, 0.25) is 0 Å². The van der Waals surface area contributed by atoms with Crippen molar-refractivity contribution in [1.29, 1.82) is 0 Å². The Kier molecular flexibility index (Phi) is 7.33. The summed E-state index contributed by atoms with van der Waals surface area (Å²) in [4.78, 5) is 8.76. The second-order valence-electron chi connectivity index (χ2n) is 8.52. The molecule has 0 atom stereocenters. The summed E-state index contributed by atoms with van der Waals surface area (Å²) >= 11 is 0. The Hall–Kier alpha value is -3.17. The van der Waals surface area contributed by atoms with Crippen LogP contribution in [0.3, 0.4) is 0 Å². The summed E-state index contributed by atoms with van der Waals surface area (Å²) in [6.07, 6.45) is 3.65. The van der Waals surface area contributed by atoms with Gasteiger partial charge >= 0.3 is 0 Å². The van der Waals surface area contributed by atoms with Gasteiger partial charge in [-0.3, -0.25) is 0 Å². The summed E-state index contributed by atoms with van der Waals surface area (Å²) in [5.41, 5.74) is 7.00. The van der Waals surface area contributed by atoms with Crippen LogP contribution in [0.1, 0.15) is 0 Å². The molecule has 34 heavy (non-hydrogen) atoms. The maximum absolute atomic E-state index is 4.55. The zero-order valence-electron chi connectivity index (χ0n) is 19.1. The smallest absolute Gasteiger partial charge is 0.0674 e. The van der Waals surface area contributed by atoms with Crippen molar-refractivity contribution in [2.24, 2.45) is 0 Å². The van der Waals surface area contributed by atoms with Crippen molar-refractivity contribution >= 4 is 18.4 Å². The van der Waals surface area contributed by atoms with E-state index >= 15 is 0 Å². The van der Waals surface area contributed by atoms with Gasteiger partial charge in [0.25, 0.3) is 0 Å². The van der Waals surface area contributed by atoms with Gasteiger partial charge in [0.1, 0.15) is 0 Å². The molecule has 1 radical (unpaired) electrons. The van der Waals surface area contributed by atoms with Crippen molar-refractivity contribution in [2.45, 2.75) is 13.1 Å². The fraction of sp³-hybridized carbons (Fsp3) is 0.0667. The molecule has 0 N–H and O–H groups in total. The molecule has 2 nitrogen and oxygen atoms in total. The monoisotopic (exact) mass is 633 g/mol. The number of fused-ring (bicyclic) bond motifs is 3. The van der Waals surface area contributed by atoms with Crippen LogP contribution in [-0.4, -0.2) is 18.0 Å². The van der Waals surface area contributed by atoms with E-state index < -0.39 is 8.07 Å². The number of nitrogens with zero attached hydrogens (tertiary/aromatic N) is 2. The molecule has 0 saturated heterocycles. The Bertz CT molecular complexity index is 1330. The third-order valence-electron chi connectivity index (χ3n) is 6.08. The summed E-state index contributed by atoms with van der Waals surface area (Å²) in [6.45, 7) is 4.86. The number of hydrogen-bond acceptors (Lipinski definition) is 2. The fourth-order valence-electron chi connectivity index (χ4n) is 4.56. The molecule has 4 heteroatoms. The van der Waals surface area contributed by atoms with Crippen LogP contribution in [0, 0.1) is 12.1 Å². The van der Waals surface area contributed by atoms with Gasteiger partial charge in [0.05, 0.1) is 8.07 Å². The van der Waals surface area contributed by atoms with E-state index in [-0.39, 0.29) is 20.1 Å². The summed E-state index contributed by atoms with van der Waals surface area (Å²) < 4.78 is 0. The van der Waals surface area contributed by atoms with Gasteiger partial charge in [-0.05, 0) is 29.1 Å². The molecule has 3 aromatic carbocycles. The molecule has 0 spiro atoms. The first-order valence-electron chi connectivity index (χ1n) is 11.1. The van der Waals surface area contributed by atoms with Crippen LogP contribution in [0.5, 0.6) is 0 Å². The molecular formula is C30H24IrN2Si-2. The van der Waals surface area contributed by atoms with Crippen molar-refractivity contribution in [1.82, 2.24) is 9.97 Å². The van der Waals surface area contributed by atoms with E-state index in [9.17, 15) is 0 Å². The molecule has 0 aliphatic carbocycles. The van der Waals surface area contributed by atoms with E-state index in [1.165, 1.54) is 27.1 Å². The molecule has 0 amide bonds. The fourth-order valence-corrected chi connectivity index (χ4v) is 7.95. The van der Waals surface area contributed by atoms with Crippen LogP contribution < -0.4 is 10.4 Å². The van der Waals surface area contributed by atoms with E-state index in [2.05, 4.69) is 71.6 Å². The van der Waals surface area contributed by atoms with Gasteiger partial charge in [0.15, 0.2) is 0 Å². The minimum Gasteiger partial charge on any atom is -0.305 e. The zero-order valence-corrected chi connectivity index (χ0v) is 22.5. The Labute approximate surface area is 216 Å². The van der Waals surface area contributed by atoms with Crippen LogP contribution in [0.4, 0.5) is 0 Å². The number of aromatic nitrogens is 2. The second-order valence-corrected chi connectivity index (χ2v) is 12.8. The predicted octanol–water partition coefficient (Wildman–Crippen LogP) is 5.90. The Morgan fingerprint density at radius 3 is 1.97 bits per heavy atom. The zero-order chi connectivity index (χ0) is 22.7. The first-order valence-corrected chi connectivity index (χ1v) is 14.1. The summed E-state index contributed by atoms with van der Waals surface area (Å²) in [5, 5.41) is 3.00. The molecule has 1 aliphatic heterocycles. The van der Waals surface area contributed by atoms with Crippen molar-refractivity contribution < 1.29 is 20.1 Å². The quantitative estimate of drug-likeness (QED) is 0.179. The number of hydrogen-bond donors (Lipinski definition) is 0. The number of benzene rings is 3. The number of pyridine rings is 2. The van der Waals surface area contributed by atoms with Crippen molar-refractivity contribution in [3.8, 4) is 33.6 Å². The molecule has 5 aromatic rings. The van der Waals surface area contributed by atoms with Crippen LogP contribution in [0.15, 0.2) is 109 Å². The largest absolute Gasteiger partial charge is 0.305 e. The first kappa shape index (κ1) is 24.0. The molecular weight excluding hydrogens is 609 g/mol. The third-order valence-corrected chi connectivity index (χ3v) is 9.64. The van der Waals surface area contributed by atoms with Crippen molar-refractivity contribution in [2.75, 3.05) is 0 Å². The van der Waals surface area contributed by atoms with E-state index in [1.54, 1.807) is 6.20 Å². The summed E-state index contributed by atoms with van der Waals surface area (Å²) in [7, 11) is -1.68. The van der Waals surface area contributed by atoms with Crippen LogP contribution >= 0.6 is 0 Å². The molecule has 0 unspecified atom stereocenters. The predicted molar refractivity (Wildman–Crippen MR) is 139 cm³/mol. The van der Waals surface area contributed by atoms with Crippen LogP contribution in [0.25, 0.3) is 33.6 Å². The summed E-state index contributed by atoms with van der Waals surface area (Å²) in [6, 6.07) is 39.4. The maximum Gasteiger partial charge on any atom is 0.0674 e. The van der Waals surface area contributed by atoms with E-state index in [1.807, 2.05) is 66.9 Å². The Morgan fingerprint density at radius 1 is 0.618 bits per heavy atom. The van der Waals surface area contributed by atoms with Crippen LogP contribution in [0.2, 0.25) is 13.1 Å². The Morgan fingerprint density at radius 2 is 1.29 bits per heavy atom. The maximum atomic E-state index is 4.55. The minimum atomic E-state index is -1.68. The molecule has 0 bridgehead atoms. The normalized spacial score (nSPS) is 12.4. The molecule has 3 heterocycles. The third kappa shape index (κ3) is 4.58. The van der Waals surface area contributed by atoms with Gasteiger partial charge in [-0.15, -0.1) is 64.8 Å². The van der Waals surface area contributed by atoms with E-state index in [0.717, 1.165) is 17.0 Å². The molecule has 2 aromatic heterocycles. The molecule has 169 valence electrons. The SMILES string of the molecule is C[Si]1(C)c2ccccc2-c2cc[c-]c(-c3ccccn3)c21.[Ir].[c-]1ccccc1-c1ccccn1. The average Bonchev–Trinajstić information content (AvgIpc) is 3.13. The molecule has 0 fully saturated rings. The van der Waals surface area contributed by atoms with E-state index in [0.29, 0.717) is 0 Å². The molecule has 0 saturated carbocycles. The average molecular weight is 633 g/mol. The molecule has 6 rings (SSSR count). The second kappa shape index (κ2) is 10.4. The van der Waals surface area contributed by atoms with Crippen molar-refractivity contribution in [3.05, 3.63) is 122 Å². The van der Waals surface area contributed by atoms with Gasteiger partial charge in [-0.2, -0.15) is 0 Å².